The van der Waals surface area contributed by atoms with Crippen LogP contribution in [0.3, 0.4) is 0 Å². The van der Waals surface area contributed by atoms with Gasteiger partial charge in [0.25, 0.3) is 0 Å². The van der Waals surface area contributed by atoms with Gasteiger partial charge in [0.15, 0.2) is 11.5 Å². The molecule has 4 rings (SSSR count). The van der Waals surface area contributed by atoms with E-state index in [1.54, 1.807) is 12.1 Å². The van der Waals surface area contributed by atoms with Crippen LogP contribution >= 0.6 is 11.6 Å². The molecular formula is C20H18ClN3O4. The predicted octanol–water partition coefficient (Wildman–Crippen LogP) is 3.41. The maximum atomic E-state index is 12.0. The molecule has 0 saturated carbocycles. The average molecular weight is 400 g/mol. The van der Waals surface area contributed by atoms with Gasteiger partial charge in [0.1, 0.15) is 0 Å². The number of hydrogen-bond acceptors (Lipinski definition) is 6. The molecule has 144 valence electrons. The predicted molar refractivity (Wildman–Crippen MR) is 102 cm³/mol. The fourth-order valence-electron chi connectivity index (χ4n) is 2.82. The molecule has 1 aliphatic heterocycles. The molecule has 0 spiro atoms. The molecule has 1 N–H and O–H groups in total. The average Bonchev–Trinajstić information content (AvgIpc) is 3.36. The van der Waals surface area contributed by atoms with E-state index in [1.807, 2.05) is 30.3 Å². The Balaban J connectivity index is 1.22. The number of hydrogen-bond donors (Lipinski definition) is 1. The van der Waals surface area contributed by atoms with Crippen molar-refractivity contribution in [3.63, 3.8) is 0 Å². The summed E-state index contributed by atoms with van der Waals surface area (Å²) in [7, 11) is 0. The largest absolute Gasteiger partial charge is 0.454 e. The summed E-state index contributed by atoms with van der Waals surface area (Å²) in [5, 5.41) is 7.48. The van der Waals surface area contributed by atoms with Crippen LogP contribution in [0.4, 0.5) is 0 Å². The smallest absolute Gasteiger partial charge is 0.231 e. The van der Waals surface area contributed by atoms with E-state index in [2.05, 4.69) is 15.5 Å². The van der Waals surface area contributed by atoms with Gasteiger partial charge < -0.3 is 19.3 Å². The van der Waals surface area contributed by atoms with Crippen molar-refractivity contribution in [3.05, 3.63) is 58.9 Å². The summed E-state index contributed by atoms with van der Waals surface area (Å²) in [4.78, 5) is 16.4. The Bertz CT molecular complexity index is 972. The molecule has 0 fully saturated rings. The molecule has 2 aromatic carbocycles. The molecule has 0 unspecified atom stereocenters. The number of aromatic nitrogens is 2. The molecule has 3 aromatic rings. The minimum atomic E-state index is -0.0630. The topological polar surface area (TPSA) is 86.5 Å². The number of amides is 1. The van der Waals surface area contributed by atoms with E-state index in [-0.39, 0.29) is 19.1 Å². The van der Waals surface area contributed by atoms with E-state index < -0.39 is 0 Å². The van der Waals surface area contributed by atoms with Crippen molar-refractivity contribution >= 4 is 17.5 Å². The van der Waals surface area contributed by atoms with Crippen LogP contribution in [0.2, 0.25) is 5.02 Å². The number of ether oxygens (including phenoxy) is 2. The van der Waals surface area contributed by atoms with Gasteiger partial charge in [-0.3, -0.25) is 4.79 Å². The highest BCUT2D eigenvalue weighted by Gasteiger charge is 2.13. The van der Waals surface area contributed by atoms with E-state index in [1.165, 1.54) is 0 Å². The van der Waals surface area contributed by atoms with Crippen LogP contribution in [0, 0.1) is 0 Å². The molecule has 2 heterocycles. The SMILES string of the molecule is O=C(CCc1nc(-c2ccc(Cl)cc2)no1)NCCc1ccc2c(c1)OCO2. The number of carbonyl (C=O) groups excluding carboxylic acids is 1. The van der Waals surface area contributed by atoms with Gasteiger partial charge in [-0.2, -0.15) is 4.98 Å². The van der Waals surface area contributed by atoms with Crippen molar-refractivity contribution in [1.82, 2.24) is 15.5 Å². The zero-order valence-electron chi connectivity index (χ0n) is 15.0. The Hall–Kier alpha value is -3.06. The molecule has 1 amide bonds. The van der Waals surface area contributed by atoms with Gasteiger partial charge >= 0.3 is 0 Å². The first-order valence-electron chi connectivity index (χ1n) is 8.91. The van der Waals surface area contributed by atoms with E-state index in [0.717, 1.165) is 22.6 Å². The van der Waals surface area contributed by atoms with Crippen LogP contribution in [-0.2, 0) is 17.6 Å². The van der Waals surface area contributed by atoms with Crippen molar-refractivity contribution in [1.29, 1.82) is 0 Å². The van der Waals surface area contributed by atoms with Gasteiger partial charge in [0, 0.05) is 30.0 Å². The molecule has 7 nitrogen and oxygen atoms in total. The third kappa shape index (κ3) is 4.43. The maximum absolute atomic E-state index is 12.0. The lowest BCUT2D eigenvalue weighted by atomic mass is 10.1. The molecule has 1 aliphatic rings. The minimum absolute atomic E-state index is 0.0630. The summed E-state index contributed by atoms with van der Waals surface area (Å²) in [6, 6.07) is 13.0. The van der Waals surface area contributed by atoms with E-state index in [0.29, 0.717) is 36.1 Å². The Kier molecular flexibility index (Phi) is 5.43. The standard InChI is InChI=1S/C20H18ClN3O4/c21-15-4-2-14(3-5-15)20-23-19(28-24-20)8-7-18(25)22-10-9-13-1-6-16-17(11-13)27-12-26-16/h1-6,11H,7-10,12H2,(H,22,25). The van der Waals surface area contributed by atoms with E-state index in [4.69, 9.17) is 25.6 Å². The lowest BCUT2D eigenvalue weighted by molar-refractivity contribution is -0.121. The molecule has 28 heavy (non-hydrogen) atoms. The lowest BCUT2D eigenvalue weighted by Gasteiger charge is -2.05. The fourth-order valence-corrected chi connectivity index (χ4v) is 2.95. The summed E-state index contributed by atoms with van der Waals surface area (Å²) < 4.78 is 15.9. The van der Waals surface area contributed by atoms with Crippen LogP contribution in [0.5, 0.6) is 11.5 Å². The second-order valence-corrected chi connectivity index (χ2v) is 6.74. The highest BCUT2D eigenvalue weighted by atomic mass is 35.5. The molecule has 0 saturated heterocycles. The zero-order chi connectivity index (χ0) is 19.3. The third-order valence-corrected chi connectivity index (χ3v) is 4.56. The number of benzene rings is 2. The second-order valence-electron chi connectivity index (χ2n) is 6.31. The number of carbonyl (C=O) groups is 1. The number of aryl methyl sites for hydroxylation is 1. The van der Waals surface area contributed by atoms with Crippen molar-refractivity contribution in [3.8, 4) is 22.9 Å². The summed E-state index contributed by atoms with van der Waals surface area (Å²) >= 11 is 5.87. The second kappa shape index (κ2) is 8.31. The first-order chi connectivity index (χ1) is 13.7. The molecule has 0 radical (unpaired) electrons. The molecule has 0 atom stereocenters. The Morgan fingerprint density at radius 1 is 1.07 bits per heavy atom. The molecule has 0 aliphatic carbocycles. The van der Waals surface area contributed by atoms with E-state index >= 15 is 0 Å². The van der Waals surface area contributed by atoms with E-state index in [9.17, 15) is 4.79 Å². The van der Waals surface area contributed by atoms with Crippen LogP contribution in [0.15, 0.2) is 47.0 Å². The van der Waals surface area contributed by atoms with Crippen LogP contribution < -0.4 is 14.8 Å². The van der Waals surface area contributed by atoms with Gasteiger partial charge in [0.2, 0.25) is 24.4 Å². The monoisotopic (exact) mass is 399 g/mol. The maximum Gasteiger partial charge on any atom is 0.231 e. The van der Waals surface area contributed by atoms with Crippen molar-refractivity contribution in [2.45, 2.75) is 19.3 Å². The van der Waals surface area contributed by atoms with Gasteiger partial charge in [-0.05, 0) is 48.4 Å². The first kappa shape index (κ1) is 18.3. The Morgan fingerprint density at radius 2 is 1.89 bits per heavy atom. The molecule has 1 aromatic heterocycles. The van der Waals surface area contributed by atoms with Gasteiger partial charge in [-0.15, -0.1) is 0 Å². The summed E-state index contributed by atoms with van der Waals surface area (Å²) in [6.07, 6.45) is 1.38. The highest BCUT2D eigenvalue weighted by molar-refractivity contribution is 6.30. The fraction of sp³-hybridized carbons (Fsp3) is 0.250. The van der Waals surface area contributed by atoms with Gasteiger partial charge in [0.05, 0.1) is 0 Å². The molecular weight excluding hydrogens is 382 g/mol. The van der Waals surface area contributed by atoms with Crippen LogP contribution in [0.1, 0.15) is 17.9 Å². The van der Waals surface area contributed by atoms with Crippen molar-refractivity contribution in [2.24, 2.45) is 0 Å². The number of nitrogens with one attached hydrogen (secondary N) is 1. The first-order valence-corrected chi connectivity index (χ1v) is 9.29. The van der Waals surface area contributed by atoms with Crippen molar-refractivity contribution < 1.29 is 18.8 Å². The third-order valence-electron chi connectivity index (χ3n) is 4.31. The number of fused-ring (bicyclic) bond motifs is 1. The normalized spacial score (nSPS) is 12.2. The van der Waals surface area contributed by atoms with Gasteiger partial charge in [-0.1, -0.05) is 22.8 Å². The molecule has 0 bridgehead atoms. The number of nitrogens with zero attached hydrogens (tertiary/aromatic N) is 2. The number of halogens is 1. The summed E-state index contributed by atoms with van der Waals surface area (Å²) in [5.74, 6) is 2.35. The lowest BCUT2D eigenvalue weighted by Crippen LogP contribution is -2.25. The summed E-state index contributed by atoms with van der Waals surface area (Å²) in [6.45, 7) is 0.795. The van der Waals surface area contributed by atoms with Gasteiger partial charge in [-0.25, -0.2) is 0 Å². The quantitative estimate of drug-likeness (QED) is 0.655. The minimum Gasteiger partial charge on any atom is -0.454 e. The summed E-state index contributed by atoms with van der Waals surface area (Å²) in [5.41, 5.74) is 1.89. The Labute approximate surface area is 166 Å². The van der Waals surface area contributed by atoms with Crippen LogP contribution in [0.25, 0.3) is 11.4 Å². The highest BCUT2D eigenvalue weighted by Crippen LogP contribution is 2.32. The van der Waals surface area contributed by atoms with Crippen LogP contribution in [-0.4, -0.2) is 29.4 Å². The molecule has 8 heteroatoms. The zero-order valence-corrected chi connectivity index (χ0v) is 15.7. The number of rotatable bonds is 7. The Morgan fingerprint density at radius 3 is 2.75 bits per heavy atom. The van der Waals surface area contributed by atoms with Crippen molar-refractivity contribution in [2.75, 3.05) is 13.3 Å².